The molecule has 2 aliphatic heterocycles. The Morgan fingerprint density at radius 3 is 2.17 bits per heavy atom. The van der Waals surface area contributed by atoms with Crippen molar-refractivity contribution in [2.45, 2.75) is 135 Å². The van der Waals surface area contributed by atoms with Gasteiger partial charge in [-0.2, -0.15) is 12.7 Å². The van der Waals surface area contributed by atoms with E-state index >= 15 is 4.79 Å². The molecule has 3 heterocycles. The number of carbonyl (C=O) groups excluding carboxylic acids is 5. The first-order valence-corrected chi connectivity index (χ1v) is 23.4. The Morgan fingerprint density at radius 2 is 1.62 bits per heavy atom. The molecule has 16 heteroatoms. The summed E-state index contributed by atoms with van der Waals surface area (Å²) in [6.45, 7) is 14.8. The summed E-state index contributed by atoms with van der Waals surface area (Å²) in [6.07, 6.45) is 12.5. The van der Waals surface area contributed by atoms with Gasteiger partial charge in [0.15, 0.2) is 0 Å². The van der Waals surface area contributed by atoms with Crippen molar-refractivity contribution < 1.29 is 32.4 Å². The van der Waals surface area contributed by atoms with E-state index in [-0.39, 0.29) is 28.6 Å². The summed E-state index contributed by atoms with van der Waals surface area (Å²) in [5.41, 5.74) is -2.57. The van der Waals surface area contributed by atoms with Crippen LogP contribution >= 0.6 is 0 Å². The van der Waals surface area contributed by atoms with Gasteiger partial charge in [0.2, 0.25) is 17.7 Å². The number of hydrogen-bond acceptors (Lipinski definition) is 9. The zero-order valence-electron chi connectivity index (χ0n) is 36.6. The molecule has 1 aromatic heterocycles. The number of fused-ring (bicyclic) bond motifs is 1. The molecular formula is C44H66N8O7S. The van der Waals surface area contributed by atoms with Crippen molar-refractivity contribution in [3.8, 4) is 0 Å². The van der Waals surface area contributed by atoms with Crippen LogP contribution in [0.1, 0.15) is 122 Å². The van der Waals surface area contributed by atoms with E-state index in [0.717, 1.165) is 51.4 Å². The van der Waals surface area contributed by atoms with Crippen molar-refractivity contribution >= 4 is 45.6 Å². The number of aromatic nitrogens is 1. The first kappa shape index (κ1) is 44.0. The van der Waals surface area contributed by atoms with E-state index in [1.54, 1.807) is 48.3 Å². The van der Waals surface area contributed by atoms with Crippen molar-refractivity contribution in [2.24, 2.45) is 33.5 Å². The predicted octanol–water partition coefficient (Wildman–Crippen LogP) is 3.67. The Balaban J connectivity index is 1.17. The van der Waals surface area contributed by atoms with Gasteiger partial charge in [-0.25, -0.2) is 9.71 Å². The Bertz CT molecular complexity index is 2020. The van der Waals surface area contributed by atoms with Gasteiger partial charge in [0, 0.05) is 51.3 Å². The third-order valence-electron chi connectivity index (χ3n) is 15.6. The molecule has 6 unspecified atom stereocenters. The molecule has 2 spiro atoms. The Hall–Kier alpha value is -4.05. The van der Waals surface area contributed by atoms with E-state index in [1.807, 2.05) is 20.8 Å². The number of hydrogen-bond donors (Lipinski definition) is 4. The quantitative estimate of drug-likeness (QED) is 0.215. The number of nitrogens with one attached hydrogen (secondary N) is 4. The molecule has 1 aromatic rings. The Kier molecular flexibility index (Phi) is 11.5. The van der Waals surface area contributed by atoms with Crippen molar-refractivity contribution in [1.29, 1.82) is 0 Å². The van der Waals surface area contributed by atoms with Crippen molar-refractivity contribution in [2.75, 3.05) is 38.6 Å². The topological polar surface area (TPSA) is 190 Å². The van der Waals surface area contributed by atoms with Crippen LogP contribution in [0.15, 0.2) is 31.0 Å². The average Bonchev–Trinajstić information content (AvgIpc) is 3.63. The molecule has 330 valence electrons. The molecule has 5 amide bonds. The number of anilines is 1. The molecule has 2 saturated heterocycles. The molecule has 0 bridgehead atoms. The van der Waals surface area contributed by atoms with Crippen molar-refractivity contribution in [3.63, 3.8) is 0 Å². The first-order valence-electron chi connectivity index (χ1n) is 22.0. The van der Waals surface area contributed by atoms with Crippen LogP contribution in [0, 0.1) is 33.5 Å². The molecule has 4 aliphatic carbocycles. The van der Waals surface area contributed by atoms with E-state index in [0.29, 0.717) is 50.3 Å². The maximum atomic E-state index is 15.3. The minimum Gasteiger partial charge on any atom is -0.362 e. The fourth-order valence-electron chi connectivity index (χ4n) is 11.7. The van der Waals surface area contributed by atoms with Gasteiger partial charge in [-0.1, -0.05) is 66.4 Å². The van der Waals surface area contributed by atoms with E-state index < -0.39 is 74.7 Å². The number of carbonyl (C=O) groups is 5. The minimum absolute atomic E-state index is 0.0375. The summed E-state index contributed by atoms with van der Waals surface area (Å²) >= 11 is 0. The third-order valence-corrected chi connectivity index (χ3v) is 17.1. The highest BCUT2D eigenvalue weighted by Crippen LogP contribution is 2.88. The maximum absolute atomic E-state index is 15.3. The molecule has 0 radical (unpaired) electrons. The molecule has 15 nitrogen and oxygen atoms in total. The second-order valence-corrected chi connectivity index (χ2v) is 22.0. The molecule has 6 aliphatic rings. The van der Waals surface area contributed by atoms with Crippen LogP contribution in [0.25, 0.3) is 0 Å². The normalized spacial score (nSPS) is 29.2. The summed E-state index contributed by atoms with van der Waals surface area (Å²) < 4.78 is 29.9. The molecule has 4 N–H and O–H groups in total. The van der Waals surface area contributed by atoms with Gasteiger partial charge in [-0.15, -0.1) is 6.58 Å². The zero-order valence-corrected chi connectivity index (χ0v) is 37.4. The molecule has 6 fully saturated rings. The van der Waals surface area contributed by atoms with Gasteiger partial charge in [-0.05, 0) is 85.7 Å². The summed E-state index contributed by atoms with van der Waals surface area (Å²) in [4.78, 5) is 80.2. The second kappa shape index (κ2) is 15.7. The molecule has 60 heavy (non-hydrogen) atoms. The van der Waals surface area contributed by atoms with E-state index in [4.69, 9.17) is 0 Å². The van der Waals surface area contributed by atoms with Gasteiger partial charge >= 0.3 is 10.2 Å². The molecule has 7 rings (SSSR count). The number of likely N-dealkylation sites (tertiary alicyclic amines) is 1. The number of rotatable bonds is 13. The average molecular weight is 851 g/mol. The first-order chi connectivity index (χ1) is 28.2. The number of nitrogens with zero attached hydrogens (tertiary/aromatic N) is 4. The monoisotopic (exact) mass is 850 g/mol. The predicted molar refractivity (Wildman–Crippen MR) is 227 cm³/mol. The highest BCUT2D eigenvalue weighted by Gasteiger charge is 2.85. The molecule has 0 aromatic carbocycles. The van der Waals surface area contributed by atoms with Crippen LogP contribution in [0.3, 0.4) is 0 Å². The lowest BCUT2D eigenvalue weighted by Gasteiger charge is -2.38. The van der Waals surface area contributed by atoms with Gasteiger partial charge in [0.25, 0.3) is 11.8 Å². The Morgan fingerprint density at radius 1 is 0.950 bits per heavy atom. The third kappa shape index (κ3) is 7.30. The van der Waals surface area contributed by atoms with Crippen LogP contribution in [-0.2, 0) is 29.4 Å². The standard InChI is InChI=1S/C44H66N8O7S/c1-9-29-25-44(29,39(57)49-60(58,59)51-23-13-14-24-51)48-36(54)31-26-43(41(5,6)42(43)20-16-21-42)27-52(31)38(56)33(40(2,3)4)47-37(55)32(28-17-11-10-12-18-28)46-35(53)30-19-15-22-45-34(30)50(7)8/h9,15,19,22,28-29,31-33H,1,10-14,16-18,20-21,23-27H2,2-8H3,(H,46,53)(H,47,55)(H,48,54)(H,49,57). The lowest BCUT2D eigenvalue weighted by molar-refractivity contribution is -0.145. The van der Waals surface area contributed by atoms with E-state index in [1.165, 1.54) is 4.31 Å². The van der Waals surface area contributed by atoms with Crippen LogP contribution in [-0.4, -0.2) is 110 Å². The van der Waals surface area contributed by atoms with E-state index in [2.05, 4.69) is 46.1 Å². The lowest BCUT2D eigenvalue weighted by Crippen LogP contribution is -2.62. The summed E-state index contributed by atoms with van der Waals surface area (Å²) in [7, 11) is -0.524. The zero-order chi connectivity index (χ0) is 43.6. The highest BCUT2D eigenvalue weighted by atomic mass is 32.2. The van der Waals surface area contributed by atoms with Crippen LogP contribution < -0.4 is 25.6 Å². The lowest BCUT2D eigenvalue weighted by atomic mass is 9.73. The second-order valence-electron chi connectivity index (χ2n) is 20.3. The minimum atomic E-state index is -4.12. The number of pyridine rings is 1. The maximum Gasteiger partial charge on any atom is 0.303 e. The number of amides is 5. The highest BCUT2D eigenvalue weighted by molar-refractivity contribution is 7.87. The van der Waals surface area contributed by atoms with E-state index in [9.17, 15) is 27.6 Å². The fourth-order valence-corrected chi connectivity index (χ4v) is 12.9. The van der Waals surface area contributed by atoms with Crippen LogP contribution in [0.4, 0.5) is 5.82 Å². The summed E-state index contributed by atoms with van der Waals surface area (Å²) in [5, 5.41) is 9.09. The van der Waals surface area contributed by atoms with Gasteiger partial charge in [0.1, 0.15) is 29.5 Å². The van der Waals surface area contributed by atoms with Crippen LogP contribution in [0.2, 0.25) is 0 Å². The SMILES string of the molecule is C=CC1CC1(NC(=O)C1CC2(CN1C(=O)C(NC(=O)C(NC(=O)c1cccnc1N(C)C)C1CCCCC1)C(C)(C)C)C(C)(C)C21CCC1)C(=O)NS(=O)(=O)N1CCCC1. The Labute approximate surface area is 355 Å². The smallest absolute Gasteiger partial charge is 0.303 e. The molecular weight excluding hydrogens is 785 g/mol. The summed E-state index contributed by atoms with van der Waals surface area (Å²) in [5.74, 6) is -2.83. The summed E-state index contributed by atoms with van der Waals surface area (Å²) in [6, 6.07) is 0.390. The molecule has 6 atom stereocenters. The van der Waals surface area contributed by atoms with Gasteiger partial charge < -0.3 is 25.8 Å². The fraction of sp³-hybridized carbons (Fsp3) is 0.727. The van der Waals surface area contributed by atoms with Gasteiger partial charge in [0.05, 0.1) is 5.56 Å². The van der Waals surface area contributed by atoms with Crippen molar-refractivity contribution in [1.82, 2.24) is 34.9 Å². The van der Waals surface area contributed by atoms with Crippen molar-refractivity contribution in [3.05, 3.63) is 36.5 Å². The largest absolute Gasteiger partial charge is 0.362 e. The van der Waals surface area contributed by atoms with Gasteiger partial charge in [-0.3, -0.25) is 24.0 Å². The van der Waals surface area contributed by atoms with Crippen LogP contribution in [0.5, 0.6) is 0 Å². The molecule has 4 saturated carbocycles.